The molecule has 3 N–H and O–H groups in total. The second-order valence-corrected chi connectivity index (χ2v) is 12.7. The number of nitrogens with zero attached hydrogens (tertiary/aromatic N) is 3. The molecule has 3 aliphatic rings. The fourth-order valence-corrected chi connectivity index (χ4v) is 6.79. The van der Waals surface area contributed by atoms with Crippen LogP contribution in [0.3, 0.4) is 0 Å². The second-order valence-electron chi connectivity index (χ2n) is 12.3. The summed E-state index contributed by atoms with van der Waals surface area (Å²) in [5.74, 6) is -0.824. The van der Waals surface area contributed by atoms with Crippen molar-refractivity contribution in [3.8, 4) is 0 Å². The van der Waals surface area contributed by atoms with Gasteiger partial charge >= 0.3 is 12.2 Å². The molecule has 3 aliphatic heterocycles. The van der Waals surface area contributed by atoms with Crippen LogP contribution in [0.2, 0.25) is 5.02 Å². The molecule has 8 nitrogen and oxygen atoms in total. The van der Waals surface area contributed by atoms with Crippen LogP contribution in [0.15, 0.2) is 36.4 Å². The number of halogens is 4. The molecule has 2 saturated heterocycles. The van der Waals surface area contributed by atoms with Crippen LogP contribution in [0.5, 0.6) is 0 Å². The fourth-order valence-electron chi connectivity index (χ4n) is 6.55. The maximum atomic E-state index is 13.7. The lowest BCUT2D eigenvalue weighted by Crippen LogP contribution is -2.50. The Kier molecular flexibility index (Phi) is 9.62. The zero-order valence-electron chi connectivity index (χ0n) is 24.8. The van der Waals surface area contributed by atoms with E-state index >= 15 is 0 Å². The van der Waals surface area contributed by atoms with Crippen molar-refractivity contribution in [3.63, 3.8) is 0 Å². The lowest BCUT2D eigenvalue weighted by atomic mass is 9.90. The third kappa shape index (κ3) is 7.25. The van der Waals surface area contributed by atoms with Crippen LogP contribution in [-0.4, -0.2) is 71.3 Å². The third-order valence-electron chi connectivity index (χ3n) is 9.24. The molecular weight excluding hydrogens is 595 g/mol. The second kappa shape index (κ2) is 13.3. The Balaban J connectivity index is 1.26. The van der Waals surface area contributed by atoms with Gasteiger partial charge in [0, 0.05) is 50.9 Å². The largest absolute Gasteiger partial charge is 0.418 e. The molecule has 0 bridgehead atoms. The Hall–Kier alpha value is -3.47. The first-order valence-corrected chi connectivity index (χ1v) is 15.7. The number of nitrogens with two attached hydrogens (primary N) is 1. The first kappa shape index (κ1) is 31.9. The van der Waals surface area contributed by atoms with Crippen molar-refractivity contribution in [1.82, 2.24) is 14.7 Å². The number of piperidine rings is 2. The molecule has 44 heavy (non-hydrogen) atoms. The first-order valence-electron chi connectivity index (χ1n) is 15.3. The van der Waals surface area contributed by atoms with E-state index in [1.807, 2.05) is 29.2 Å². The van der Waals surface area contributed by atoms with E-state index in [4.69, 9.17) is 17.3 Å². The van der Waals surface area contributed by atoms with E-state index in [0.717, 1.165) is 36.6 Å². The topological polar surface area (TPSA) is 99.0 Å². The zero-order chi connectivity index (χ0) is 31.6. The number of carbonyl (C=O) groups is 3. The molecule has 0 aromatic heterocycles. The summed E-state index contributed by atoms with van der Waals surface area (Å²) < 4.78 is 41.0. The van der Waals surface area contributed by atoms with Gasteiger partial charge in [-0.05, 0) is 73.8 Å². The minimum atomic E-state index is -4.71. The van der Waals surface area contributed by atoms with E-state index in [-0.39, 0.29) is 47.3 Å². The predicted molar refractivity (Wildman–Crippen MR) is 163 cm³/mol. The Morgan fingerprint density at radius 3 is 2.36 bits per heavy atom. The number of hydrogen-bond acceptors (Lipinski definition) is 4. The smallest absolute Gasteiger partial charge is 0.397 e. The molecule has 12 heteroatoms. The van der Waals surface area contributed by atoms with Crippen LogP contribution >= 0.6 is 11.6 Å². The van der Waals surface area contributed by atoms with Gasteiger partial charge < -0.3 is 25.8 Å². The van der Waals surface area contributed by atoms with Gasteiger partial charge in [0.1, 0.15) is 0 Å². The van der Waals surface area contributed by atoms with Crippen molar-refractivity contribution in [3.05, 3.63) is 58.1 Å². The van der Waals surface area contributed by atoms with Gasteiger partial charge in [-0.25, -0.2) is 4.79 Å². The number of fused-ring (bicyclic) bond motifs is 1. The molecule has 3 heterocycles. The van der Waals surface area contributed by atoms with Crippen LogP contribution in [0.4, 0.5) is 29.3 Å². The monoisotopic (exact) mass is 633 g/mol. The Bertz CT molecular complexity index is 1390. The van der Waals surface area contributed by atoms with Crippen molar-refractivity contribution < 1.29 is 27.6 Å². The van der Waals surface area contributed by atoms with E-state index in [1.54, 1.807) is 9.80 Å². The van der Waals surface area contributed by atoms with Crippen molar-refractivity contribution in [1.29, 1.82) is 0 Å². The SMILES string of the molecule is CC1CCN(C(=O)C(CC(=O)N2CCC(N3CCc4ccccc4NC3=O)CC2)Cc2cc(Cl)c(N)c(C(F)(F)F)c2)CC1. The van der Waals surface area contributed by atoms with Gasteiger partial charge in [0.25, 0.3) is 0 Å². The number of carbonyl (C=O) groups excluding carboxylic acids is 3. The highest BCUT2D eigenvalue weighted by Crippen LogP contribution is 2.38. The van der Waals surface area contributed by atoms with Crippen molar-refractivity contribution in [2.45, 2.75) is 64.1 Å². The average molecular weight is 634 g/mol. The number of hydrogen-bond donors (Lipinski definition) is 2. The van der Waals surface area contributed by atoms with Crippen molar-refractivity contribution >= 4 is 40.8 Å². The highest BCUT2D eigenvalue weighted by Gasteiger charge is 2.37. The quantitative estimate of drug-likeness (QED) is 0.391. The Morgan fingerprint density at radius 1 is 1.02 bits per heavy atom. The van der Waals surface area contributed by atoms with E-state index < -0.39 is 23.3 Å². The third-order valence-corrected chi connectivity index (χ3v) is 9.55. The van der Waals surface area contributed by atoms with Gasteiger partial charge in [0.05, 0.1) is 22.2 Å². The van der Waals surface area contributed by atoms with Crippen LogP contribution in [0.1, 0.15) is 55.7 Å². The molecule has 4 amide bonds. The fraction of sp³-hybridized carbons (Fsp3) is 0.531. The summed E-state index contributed by atoms with van der Waals surface area (Å²) in [4.78, 5) is 45.5. The molecule has 2 aromatic carbocycles. The van der Waals surface area contributed by atoms with E-state index in [2.05, 4.69) is 12.2 Å². The van der Waals surface area contributed by atoms with Gasteiger partial charge in [0.15, 0.2) is 0 Å². The van der Waals surface area contributed by atoms with Gasteiger partial charge in [-0.3, -0.25) is 9.59 Å². The molecule has 0 aliphatic carbocycles. The molecule has 2 aromatic rings. The number of nitrogen functional groups attached to an aromatic ring is 1. The number of alkyl halides is 3. The lowest BCUT2D eigenvalue weighted by Gasteiger charge is -2.38. The van der Waals surface area contributed by atoms with Crippen LogP contribution < -0.4 is 11.1 Å². The molecule has 0 spiro atoms. The van der Waals surface area contributed by atoms with E-state index in [0.29, 0.717) is 51.5 Å². The van der Waals surface area contributed by atoms with E-state index in [9.17, 15) is 27.6 Å². The van der Waals surface area contributed by atoms with Crippen molar-refractivity contribution in [2.24, 2.45) is 11.8 Å². The molecule has 1 unspecified atom stereocenters. The van der Waals surface area contributed by atoms with Gasteiger partial charge in [0.2, 0.25) is 11.8 Å². The Labute approximate surface area is 260 Å². The molecule has 1 atom stereocenters. The number of para-hydroxylation sites is 1. The molecule has 0 saturated carbocycles. The summed E-state index contributed by atoms with van der Waals surface area (Å²) in [6.45, 7) is 4.65. The summed E-state index contributed by atoms with van der Waals surface area (Å²) in [7, 11) is 0. The van der Waals surface area contributed by atoms with Crippen molar-refractivity contribution in [2.75, 3.05) is 43.8 Å². The molecule has 5 rings (SSSR count). The highest BCUT2D eigenvalue weighted by molar-refractivity contribution is 6.33. The number of anilines is 2. The van der Waals surface area contributed by atoms with Crippen LogP contribution in [0.25, 0.3) is 0 Å². The summed E-state index contributed by atoms with van der Waals surface area (Å²) >= 11 is 6.08. The molecule has 238 valence electrons. The first-order chi connectivity index (χ1) is 20.9. The average Bonchev–Trinajstić information content (AvgIpc) is 3.16. The highest BCUT2D eigenvalue weighted by atomic mass is 35.5. The number of urea groups is 1. The van der Waals surface area contributed by atoms with Crippen LogP contribution in [-0.2, 0) is 28.6 Å². The number of nitrogens with one attached hydrogen (secondary N) is 1. The van der Waals surface area contributed by atoms with Gasteiger partial charge in [-0.15, -0.1) is 0 Å². The van der Waals surface area contributed by atoms with Crippen LogP contribution in [0, 0.1) is 11.8 Å². The standard InChI is InChI=1S/C32H39ClF3N5O3/c1-20-6-11-40(12-7-20)30(43)23(16-21-17-25(32(34,35)36)29(37)26(33)18-21)19-28(42)39-13-9-24(10-14-39)41-15-8-22-4-2-3-5-27(22)38-31(41)44/h2-5,17-18,20,23-24H,6-16,19,37H2,1H3,(H,38,44). The summed E-state index contributed by atoms with van der Waals surface area (Å²) in [5, 5.41) is 2.76. The molecular formula is C32H39ClF3N5O3. The van der Waals surface area contributed by atoms with Gasteiger partial charge in [-0.2, -0.15) is 13.2 Å². The zero-order valence-corrected chi connectivity index (χ0v) is 25.6. The number of benzene rings is 2. The number of likely N-dealkylation sites (tertiary alicyclic amines) is 2. The molecule has 2 fully saturated rings. The maximum absolute atomic E-state index is 13.7. The number of rotatable bonds is 6. The lowest BCUT2D eigenvalue weighted by molar-refractivity contribution is -0.142. The maximum Gasteiger partial charge on any atom is 0.418 e. The number of amides is 4. The minimum absolute atomic E-state index is 0.0289. The Morgan fingerprint density at radius 2 is 1.68 bits per heavy atom. The normalized spacial score (nSPS) is 19.3. The molecule has 0 radical (unpaired) electrons. The summed E-state index contributed by atoms with van der Waals surface area (Å²) in [6, 6.07) is 9.84. The summed E-state index contributed by atoms with van der Waals surface area (Å²) in [6.07, 6.45) is -1.30. The summed E-state index contributed by atoms with van der Waals surface area (Å²) in [5.41, 5.74) is 6.12. The van der Waals surface area contributed by atoms with Gasteiger partial charge in [-0.1, -0.05) is 36.7 Å². The predicted octanol–water partition coefficient (Wildman–Crippen LogP) is 5.83. The minimum Gasteiger partial charge on any atom is -0.397 e. The van der Waals surface area contributed by atoms with E-state index in [1.165, 1.54) is 6.07 Å².